The molecule has 0 aliphatic carbocycles. The lowest BCUT2D eigenvalue weighted by atomic mass is 10.1. The Hall–Kier alpha value is -4.25. The van der Waals surface area contributed by atoms with Crippen LogP contribution in [0.3, 0.4) is 0 Å². The number of carbonyl (C=O) groups excluding carboxylic acids is 3. The third kappa shape index (κ3) is 4.67. The monoisotopic (exact) mass is 419 g/mol. The summed E-state index contributed by atoms with van der Waals surface area (Å²) >= 11 is 0. The number of hydrogen-bond donors (Lipinski definition) is 6. The highest BCUT2D eigenvalue weighted by molar-refractivity contribution is 5.96. The third-order valence-electron chi connectivity index (χ3n) is 4.56. The van der Waals surface area contributed by atoms with Gasteiger partial charge in [0.25, 0.3) is 17.7 Å². The zero-order valence-electron chi connectivity index (χ0n) is 16.3. The van der Waals surface area contributed by atoms with E-state index in [0.717, 1.165) is 17.1 Å². The molecule has 0 aromatic heterocycles. The molecular formula is C21H21N7O3. The van der Waals surface area contributed by atoms with Crippen LogP contribution in [0.2, 0.25) is 0 Å². The van der Waals surface area contributed by atoms with Gasteiger partial charge in [0.2, 0.25) is 0 Å². The lowest BCUT2D eigenvalue weighted by molar-refractivity contribution is 0.0945. The molecule has 0 saturated carbocycles. The fraction of sp³-hybridized carbons (Fsp3) is 0. The average Bonchev–Trinajstić information content (AvgIpc) is 2.84. The summed E-state index contributed by atoms with van der Waals surface area (Å²) in [5, 5.41) is 0. The number of nitrogens with two attached hydrogens (primary N) is 3. The second-order valence-electron chi connectivity index (χ2n) is 6.40. The minimum absolute atomic E-state index is 0.399. The van der Waals surface area contributed by atoms with Crippen LogP contribution in [-0.2, 0) is 0 Å². The predicted molar refractivity (Wildman–Crippen MR) is 116 cm³/mol. The van der Waals surface area contributed by atoms with Crippen molar-refractivity contribution in [3.63, 3.8) is 0 Å². The molecule has 0 atom stereocenters. The number of carbonyl (C=O) groups is 3. The normalized spacial score (nSPS) is 10.2. The fourth-order valence-corrected chi connectivity index (χ4v) is 2.98. The van der Waals surface area contributed by atoms with Crippen LogP contribution in [0.5, 0.6) is 0 Å². The molecule has 0 fully saturated rings. The number of amides is 3. The van der Waals surface area contributed by atoms with E-state index in [4.69, 9.17) is 17.5 Å². The van der Waals surface area contributed by atoms with Crippen molar-refractivity contribution in [2.45, 2.75) is 0 Å². The molecule has 3 aromatic carbocycles. The number of hydrogen-bond acceptors (Lipinski definition) is 7. The van der Waals surface area contributed by atoms with Crippen molar-refractivity contribution < 1.29 is 14.4 Å². The van der Waals surface area contributed by atoms with Gasteiger partial charge in [-0.3, -0.25) is 30.7 Å². The fourth-order valence-electron chi connectivity index (χ4n) is 2.98. The largest absolute Gasteiger partial charge is 0.311 e. The highest BCUT2D eigenvalue weighted by Crippen LogP contribution is 2.34. The summed E-state index contributed by atoms with van der Waals surface area (Å²) in [6.45, 7) is 0. The van der Waals surface area contributed by atoms with E-state index < -0.39 is 17.7 Å². The van der Waals surface area contributed by atoms with Gasteiger partial charge in [-0.05, 0) is 72.8 Å². The van der Waals surface area contributed by atoms with E-state index in [1.54, 1.807) is 72.8 Å². The van der Waals surface area contributed by atoms with Crippen LogP contribution in [-0.4, -0.2) is 17.7 Å². The zero-order chi connectivity index (χ0) is 22.4. The minimum Gasteiger partial charge on any atom is -0.311 e. The summed E-state index contributed by atoms with van der Waals surface area (Å²) in [5.41, 5.74) is 9.68. The zero-order valence-corrected chi connectivity index (χ0v) is 16.3. The lowest BCUT2D eigenvalue weighted by Gasteiger charge is -2.26. The third-order valence-corrected chi connectivity index (χ3v) is 4.56. The Morgan fingerprint density at radius 3 is 0.903 bits per heavy atom. The van der Waals surface area contributed by atoms with Crippen molar-refractivity contribution in [3.05, 3.63) is 89.5 Å². The standard InChI is InChI=1S/C21H21N7O3/c22-25-19(29)13-1-7-16(8-2-13)28(17-9-3-14(4-10-17)20(30)26-23)18-11-5-15(6-12-18)21(31)27-24/h1-12H,22-24H2,(H,25,29)(H,26,30)(H,27,31). The van der Waals surface area contributed by atoms with Gasteiger partial charge < -0.3 is 4.90 Å². The first kappa shape index (κ1) is 21.5. The number of hydrazine groups is 3. The maximum atomic E-state index is 11.7. The van der Waals surface area contributed by atoms with Crippen LogP contribution >= 0.6 is 0 Å². The molecule has 0 unspecified atom stereocenters. The molecule has 0 aliphatic rings. The van der Waals surface area contributed by atoms with Gasteiger partial charge in [-0.15, -0.1) is 0 Å². The first-order chi connectivity index (χ1) is 15.0. The highest BCUT2D eigenvalue weighted by Gasteiger charge is 2.15. The van der Waals surface area contributed by atoms with Crippen LogP contribution in [0.4, 0.5) is 17.1 Å². The highest BCUT2D eigenvalue weighted by atomic mass is 16.2. The van der Waals surface area contributed by atoms with Crippen molar-refractivity contribution in [1.82, 2.24) is 16.3 Å². The first-order valence-electron chi connectivity index (χ1n) is 9.11. The number of benzene rings is 3. The van der Waals surface area contributed by atoms with Gasteiger partial charge in [-0.2, -0.15) is 0 Å². The van der Waals surface area contributed by atoms with Crippen molar-refractivity contribution in [2.24, 2.45) is 17.5 Å². The van der Waals surface area contributed by atoms with Crippen LogP contribution in [0.1, 0.15) is 31.1 Å². The van der Waals surface area contributed by atoms with Gasteiger partial charge in [-0.1, -0.05) is 0 Å². The van der Waals surface area contributed by atoms with Crippen molar-refractivity contribution >= 4 is 34.8 Å². The summed E-state index contributed by atoms with van der Waals surface area (Å²) in [5.74, 6) is 14.3. The van der Waals surface area contributed by atoms with E-state index in [1.807, 2.05) is 4.90 Å². The maximum Gasteiger partial charge on any atom is 0.265 e. The molecule has 10 nitrogen and oxygen atoms in total. The van der Waals surface area contributed by atoms with Crippen LogP contribution < -0.4 is 38.7 Å². The molecule has 10 heteroatoms. The molecule has 0 heterocycles. The van der Waals surface area contributed by atoms with Gasteiger partial charge in [0.05, 0.1) is 0 Å². The van der Waals surface area contributed by atoms with E-state index >= 15 is 0 Å². The maximum absolute atomic E-state index is 11.7. The molecule has 0 spiro atoms. The van der Waals surface area contributed by atoms with Crippen molar-refractivity contribution in [1.29, 1.82) is 0 Å². The van der Waals surface area contributed by atoms with Gasteiger partial charge in [0.1, 0.15) is 0 Å². The Labute approximate surface area is 177 Å². The Bertz CT molecular complexity index is 940. The van der Waals surface area contributed by atoms with Crippen LogP contribution in [0.25, 0.3) is 0 Å². The van der Waals surface area contributed by atoms with E-state index in [0.29, 0.717) is 16.7 Å². The average molecular weight is 419 g/mol. The van der Waals surface area contributed by atoms with E-state index in [9.17, 15) is 14.4 Å². The summed E-state index contributed by atoms with van der Waals surface area (Å²) in [7, 11) is 0. The number of rotatable bonds is 6. The molecule has 0 aliphatic heterocycles. The van der Waals surface area contributed by atoms with Crippen molar-refractivity contribution in [2.75, 3.05) is 4.90 Å². The SMILES string of the molecule is NNC(=O)c1ccc(N(c2ccc(C(=O)NN)cc2)c2ccc(C(=O)NN)cc2)cc1. The second-order valence-corrected chi connectivity index (χ2v) is 6.40. The predicted octanol–water partition coefficient (Wildman–Crippen LogP) is 0.967. The van der Waals surface area contributed by atoms with Gasteiger partial charge in [0, 0.05) is 33.8 Å². The van der Waals surface area contributed by atoms with Crippen molar-refractivity contribution in [3.8, 4) is 0 Å². The number of anilines is 3. The molecule has 3 amide bonds. The molecule has 3 rings (SSSR count). The van der Waals surface area contributed by atoms with Crippen LogP contribution in [0, 0.1) is 0 Å². The Morgan fingerprint density at radius 2 is 0.710 bits per heavy atom. The van der Waals surface area contributed by atoms with E-state index in [-0.39, 0.29) is 0 Å². The quantitative estimate of drug-likeness (QED) is 0.196. The number of nitrogens with one attached hydrogen (secondary N) is 3. The lowest BCUT2D eigenvalue weighted by Crippen LogP contribution is -2.30. The molecule has 31 heavy (non-hydrogen) atoms. The molecule has 9 N–H and O–H groups in total. The molecule has 0 bridgehead atoms. The van der Waals surface area contributed by atoms with E-state index in [2.05, 4.69) is 16.3 Å². The summed E-state index contributed by atoms with van der Waals surface area (Å²) in [6.07, 6.45) is 0. The van der Waals surface area contributed by atoms with Gasteiger partial charge in [0.15, 0.2) is 0 Å². The Kier molecular flexibility index (Phi) is 6.58. The Morgan fingerprint density at radius 1 is 0.484 bits per heavy atom. The molecular weight excluding hydrogens is 398 g/mol. The number of nitrogen functional groups attached to an aromatic ring is 3. The van der Waals surface area contributed by atoms with E-state index in [1.165, 1.54) is 0 Å². The first-order valence-corrected chi connectivity index (χ1v) is 9.11. The van der Waals surface area contributed by atoms with Crippen LogP contribution in [0.15, 0.2) is 72.8 Å². The topological polar surface area (TPSA) is 169 Å². The molecule has 158 valence electrons. The second kappa shape index (κ2) is 9.50. The number of nitrogens with zero attached hydrogens (tertiary/aromatic N) is 1. The summed E-state index contributed by atoms with van der Waals surface area (Å²) in [4.78, 5) is 37.1. The van der Waals surface area contributed by atoms with Gasteiger partial charge >= 0.3 is 0 Å². The summed E-state index contributed by atoms with van der Waals surface area (Å²) in [6, 6.07) is 20.3. The van der Waals surface area contributed by atoms with Gasteiger partial charge in [-0.25, -0.2) is 17.5 Å². The molecule has 0 saturated heterocycles. The molecule has 0 radical (unpaired) electrons. The smallest absolute Gasteiger partial charge is 0.265 e. The summed E-state index contributed by atoms with van der Waals surface area (Å²) < 4.78 is 0. The molecule has 3 aromatic rings. The minimum atomic E-state index is -0.410. The Balaban J connectivity index is 2.04.